The van der Waals surface area contributed by atoms with Crippen LogP contribution < -0.4 is 10.2 Å². The van der Waals surface area contributed by atoms with Gasteiger partial charge < -0.3 is 10.2 Å². The molecule has 0 aromatic heterocycles. The molecule has 0 saturated carbocycles. The number of anilines is 1. The molecule has 2 aliphatic rings. The zero-order valence-corrected chi connectivity index (χ0v) is 12.4. The normalized spacial score (nSPS) is 21.1. The van der Waals surface area contributed by atoms with E-state index < -0.39 is 0 Å². The summed E-state index contributed by atoms with van der Waals surface area (Å²) in [5.41, 5.74) is 3.31. The Morgan fingerprint density at radius 1 is 1.00 bits per heavy atom. The molecule has 2 fully saturated rings. The van der Waals surface area contributed by atoms with Crippen molar-refractivity contribution in [3.8, 4) is 11.1 Å². The Labute approximate surface area is 130 Å². The van der Waals surface area contributed by atoms with Crippen LogP contribution in [0.4, 0.5) is 10.5 Å². The number of nitrogens with one attached hydrogen (secondary N) is 1. The lowest BCUT2D eigenvalue weighted by molar-refractivity contribution is 0.193. The van der Waals surface area contributed by atoms with E-state index in [-0.39, 0.29) is 6.03 Å². The van der Waals surface area contributed by atoms with Crippen molar-refractivity contribution in [1.29, 1.82) is 0 Å². The van der Waals surface area contributed by atoms with Gasteiger partial charge >= 0.3 is 6.03 Å². The van der Waals surface area contributed by atoms with Crippen LogP contribution in [0.2, 0.25) is 0 Å². The largest absolute Gasteiger partial charge is 0.324 e. The molecule has 4 rings (SSSR count). The summed E-state index contributed by atoms with van der Waals surface area (Å²) >= 11 is 0. The van der Waals surface area contributed by atoms with Crippen LogP contribution in [-0.2, 0) is 0 Å². The van der Waals surface area contributed by atoms with Gasteiger partial charge in [0.15, 0.2) is 0 Å². The van der Waals surface area contributed by atoms with E-state index in [2.05, 4.69) is 29.6 Å². The fourth-order valence-corrected chi connectivity index (χ4v) is 3.32. The molecular formula is C18H19N3O. The van der Waals surface area contributed by atoms with E-state index >= 15 is 0 Å². The van der Waals surface area contributed by atoms with Crippen LogP contribution in [0.25, 0.3) is 11.1 Å². The predicted octanol–water partition coefficient (Wildman–Crippen LogP) is 2.57. The number of fused-ring (bicyclic) bond motifs is 1. The number of benzene rings is 2. The maximum absolute atomic E-state index is 12.6. The van der Waals surface area contributed by atoms with Crippen molar-refractivity contribution < 1.29 is 4.79 Å². The van der Waals surface area contributed by atoms with Gasteiger partial charge in [0, 0.05) is 31.9 Å². The first-order valence-electron chi connectivity index (χ1n) is 7.77. The summed E-state index contributed by atoms with van der Waals surface area (Å²) < 4.78 is 0. The van der Waals surface area contributed by atoms with E-state index in [0.717, 1.165) is 37.4 Å². The molecule has 1 atom stereocenters. The minimum atomic E-state index is 0.136. The van der Waals surface area contributed by atoms with Gasteiger partial charge in [-0.2, -0.15) is 0 Å². The Bertz CT molecular complexity index is 686. The number of nitrogens with zero attached hydrogens (tertiary/aromatic N) is 2. The molecule has 2 saturated heterocycles. The van der Waals surface area contributed by atoms with Crippen molar-refractivity contribution in [2.24, 2.45) is 0 Å². The van der Waals surface area contributed by atoms with Crippen LogP contribution in [-0.4, -0.2) is 43.2 Å². The van der Waals surface area contributed by atoms with Crippen molar-refractivity contribution in [1.82, 2.24) is 10.2 Å². The van der Waals surface area contributed by atoms with Gasteiger partial charge in [-0.3, -0.25) is 4.90 Å². The number of carbonyl (C=O) groups excluding carboxylic acids is 1. The molecule has 0 spiro atoms. The van der Waals surface area contributed by atoms with Crippen molar-refractivity contribution in [3.63, 3.8) is 0 Å². The fraction of sp³-hybridized carbons (Fsp3) is 0.278. The molecule has 2 amide bonds. The molecule has 1 unspecified atom stereocenters. The molecule has 2 aliphatic heterocycles. The number of piperazine rings is 1. The third-order valence-electron chi connectivity index (χ3n) is 4.49. The Kier molecular flexibility index (Phi) is 3.31. The summed E-state index contributed by atoms with van der Waals surface area (Å²) in [4.78, 5) is 16.5. The quantitative estimate of drug-likeness (QED) is 0.923. The lowest BCUT2D eigenvalue weighted by atomic mass is 10.1. The highest BCUT2D eigenvalue weighted by molar-refractivity contribution is 5.95. The molecule has 0 bridgehead atoms. The number of rotatable bonds is 2. The molecule has 0 radical (unpaired) electrons. The smallest absolute Gasteiger partial charge is 0.317 e. The Morgan fingerprint density at radius 2 is 1.82 bits per heavy atom. The number of urea groups is 1. The van der Waals surface area contributed by atoms with Gasteiger partial charge in [0.25, 0.3) is 0 Å². The lowest BCUT2D eigenvalue weighted by Crippen LogP contribution is -2.49. The van der Waals surface area contributed by atoms with Crippen LogP contribution in [0.5, 0.6) is 0 Å². The summed E-state index contributed by atoms with van der Waals surface area (Å²) in [5.74, 6) is 0. The van der Waals surface area contributed by atoms with Crippen LogP contribution >= 0.6 is 0 Å². The molecule has 4 heteroatoms. The molecule has 1 N–H and O–H groups in total. The Morgan fingerprint density at radius 3 is 2.64 bits per heavy atom. The molecule has 4 nitrogen and oxygen atoms in total. The van der Waals surface area contributed by atoms with Crippen molar-refractivity contribution >= 4 is 11.7 Å². The second-order valence-electron chi connectivity index (χ2n) is 5.86. The number of carbonyl (C=O) groups is 1. The molecule has 112 valence electrons. The first kappa shape index (κ1) is 13.3. The predicted molar refractivity (Wildman–Crippen MR) is 88.0 cm³/mol. The summed E-state index contributed by atoms with van der Waals surface area (Å²) in [6, 6.07) is 19.0. The second kappa shape index (κ2) is 5.46. The summed E-state index contributed by atoms with van der Waals surface area (Å²) in [7, 11) is 0. The highest BCUT2D eigenvalue weighted by Crippen LogP contribution is 2.28. The van der Waals surface area contributed by atoms with Crippen LogP contribution in [0, 0.1) is 0 Å². The first-order valence-corrected chi connectivity index (χ1v) is 7.77. The summed E-state index contributed by atoms with van der Waals surface area (Å²) in [6.07, 6.45) is 0. The van der Waals surface area contributed by atoms with E-state index in [1.807, 2.05) is 40.1 Å². The van der Waals surface area contributed by atoms with Crippen molar-refractivity contribution in [2.75, 3.05) is 31.1 Å². The molecule has 2 aromatic rings. The maximum Gasteiger partial charge on any atom is 0.324 e. The third kappa shape index (κ3) is 2.25. The zero-order valence-electron chi connectivity index (χ0n) is 12.4. The molecule has 2 heterocycles. The number of hydrogen-bond donors (Lipinski definition) is 1. The van der Waals surface area contributed by atoms with E-state index in [1.165, 1.54) is 5.56 Å². The van der Waals surface area contributed by atoms with Crippen LogP contribution in [0.15, 0.2) is 54.6 Å². The monoisotopic (exact) mass is 293 g/mol. The number of hydrogen-bond acceptors (Lipinski definition) is 2. The Hall–Kier alpha value is -2.33. The minimum absolute atomic E-state index is 0.136. The van der Waals surface area contributed by atoms with Gasteiger partial charge in [-0.15, -0.1) is 0 Å². The highest BCUT2D eigenvalue weighted by atomic mass is 16.2. The van der Waals surface area contributed by atoms with Gasteiger partial charge in [0.1, 0.15) is 0 Å². The van der Waals surface area contributed by atoms with Crippen LogP contribution in [0.1, 0.15) is 0 Å². The average Bonchev–Trinajstić information content (AvgIpc) is 2.93. The molecule has 22 heavy (non-hydrogen) atoms. The second-order valence-corrected chi connectivity index (χ2v) is 5.86. The SMILES string of the molecule is O=C1N(c2cccc(-c3ccccc3)c2)CC2CNCCN12. The lowest BCUT2D eigenvalue weighted by Gasteiger charge is -2.28. The zero-order chi connectivity index (χ0) is 14.9. The van der Waals surface area contributed by atoms with Gasteiger partial charge in [0.2, 0.25) is 0 Å². The van der Waals surface area contributed by atoms with Gasteiger partial charge in [-0.25, -0.2) is 4.79 Å². The van der Waals surface area contributed by atoms with Gasteiger partial charge in [-0.05, 0) is 23.3 Å². The van der Waals surface area contributed by atoms with Gasteiger partial charge in [0.05, 0.1) is 6.04 Å². The van der Waals surface area contributed by atoms with Crippen molar-refractivity contribution in [2.45, 2.75) is 6.04 Å². The van der Waals surface area contributed by atoms with Crippen LogP contribution in [0.3, 0.4) is 0 Å². The summed E-state index contributed by atoms with van der Waals surface area (Å²) in [6.45, 7) is 3.35. The Balaban J connectivity index is 1.65. The standard InChI is InChI=1S/C18H19N3O/c22-18-20-10-9-19-12-17(20)13-21(18)16-8-4-7-15(11-16)14-5-2-1-3-6-14/h1-8,11,17,19H,9-10,12-13H2. The van der Waals surface area contributed by atoms with E-state index in [0.29, 0.717) is 6.04 Å². The molecular weight excluding hydrogens is 274 g/mol. The molecule has 2 aromatic carbocycles. The average molecular weight is 293 g/mol. The van der Waals surface area contributed by atoms with E-state index in [9.17, 15) is 4.79 Å². The maximum atomic E-state index is 12.6. The topological polar surface area (TPSA) is 35.6 Å². The van der Waals surface area contributed by atoms with Crippen molar-refractivity contribution in [3.05, 3.63) is 54.6 Å². The summed E-state index contributed by atoms with van der Waals surface area (Å²) in [5, 5.41) is 3.37. The number of amides is 2. The minimum Gasteiger partial charge on any atom is -0.317 e. The fourth-order valence-electron chi connectivity index (χ4n) is 3.32. The third-order valence-corrected chi connectivity index (χ3v) is 4.49. The highest BCUT2D eigenvalue weighted by Gasteiger charge is 2.39. The van der Waals surface area contributed by atoms with Gasteiger partial charge in [-0.1, -0.05) is 42.5 Å². The van der Waals surface area contributed by atoms with E-state index in [4.69, 9.17) is 0 Å². The van der Waals surface area contributed by atoms with E-state index in [1.54, 1.807) is 0 Å². The molecule has 0 aliphatic carbocycles. The first-order chi connectivity index (χ1) is 10.8.